The summed E-state index contributed by atoms with van der Waals surface area (Å²) in [4.78, 5) is 3.48. The SMILES string of the molecule is Oc1ccc2[nH]c3c(c2c1)CC(NCCc1ccc(F)cc1)CC3. The molecule has 0 saturated carbocycles. The van der Waals surface area contributed by atoms with Gasteiger partial charge in [0.2, 0.25) is 0 Å². The molecular weight excluding hydrogens is 303 g/mol. The summed E-state index contributed by atoms with van der Waals surface area (Å²) in [5.41, 5.74) is 4.88. The highest BCUT2D eigenvalue weighted by molar-refractivity contribution is 5.86. The van der Waals surface area contributed by atoms with Gasteiger partial charge >= 0.3 is 0 Å². The third-order valence-corrected chi connectivity index (χ3v) is 4.93. The summed E-state index contributed by atoms with van der Waals surface area (Å²) in [6.45, 7) is 0.888. The maximum atomic E-state index is 12.9. The number of phenols is 1. The second-order valence-electron chi connectivity index (χ2n) is 6.58. The van der Waals surface area contributed by atoms with Gasteiger partial charge in [-0.2, -0.15) is 0 Å². The van der Waals surface area contributed by atoms with Crippen LogP contribution in [-0.2, 0) is 19.3 Å². The lowest BCUT2D eigenvalue weighted by Gasteiger charge is -2.23. The Bertz CT molecular complexity index is 854. The second kappa shape index (κ2) is 6.29. The zero-order valence-electron chi connectivity index (χ0n) is 13.5. The van der Waals surface area contributed by atoms with Crippen LogP contribution in [0, 0.1) is 5.82 Å². The molecule has 0 radical (unpaired) electrons. The molecule has 0 spiro atoms. The molecule has 1 heterocycles. The fraction of sp³-hybridized carbons (Fsp3) is 0.300. The van der Waals surface area contributed by atoms with Gasteiger partial charge in [0, 0.05) is 22.6 Å². The second-order valence-corrected chi connectivity index (χ2v) is 6.58. The van der Waals surface area contributed by atoms with Crippen LogP contribution in [-0.4, -0.2) is 22.7 Å². The number of aromatic nitrogens is 1. The van der Waals surface area contributed by atoms with Gasteiger partial charge in [-0.25, -0.2) is 4.39 Å². The number of rotatable bonds is 4. The lowest BCUT2D eigenvalue weighted by Crippen LogP contribution is -2.35. The van der Waals surface area contributed by atoms with Gasteiger partial charge in [0.1, 0.15) is 11.6 Å². The Labute approximate surface area is 140 Å². The molecule has 24 heavy (non-hydrogen) atoms. The number of phenolic OH excluding ortho intramolecular Hbond substituents is 1. The predicted octanol–water partition coefficient (Wildman–Crippen LogP) is 3.70. The summed E-state index contributed by atoms with van der Waals surface area (Å²) < 4.78 is 12.9. The molecular formula is C20H21FN2O. The van der Waals surface area contributed by atoms with Crippen LogP contribution in [0.5, 0.6) is 5.75 Å². The molecule has 124 valence electrons. The molecule has 1 aliphatic rings. The topological polar surface area (TPSA) is 48.0 Å². The molecule has 0 saturated heterocycles. The maximum Gasteiger partial charge on any atom is 0.123 e. The minimum atomic E-state index is -0.186. The van der Waals surface area contributed by atoms with E-state index >= 15 is 0 Å². The van der Waals surface area contributed by atoms with Crippen molar-refractivity contribution in [2.45, 2.75) is 31.7 Å². The monoisotopic (exact) mass is 324 g/mol. The Balaban J connectivity index is 1.41. The van der Waals surface area contributed by atoms with Crippen LogP contribution < -0.4 is 5.32 Å². The molecule has 4 rings (SSSR count). The van der Waals surface area contributed by atoms with Crippen molar-refractivity contribution in [1.29, 1.82) is 0 Å². The van der Waals surface area contributed by atoms with Crippen LogP contribution in [0.3, 0.4) is 0 Å². The minimum absolute atomic E-state index is 0.186. The summed E-state index contributed by atoms with van der Waals surface area (Å²) in [5.74, 6) is 0.129. The van der Waals surface area contributed by atoms with Gasteiger partial charge in [0.05, 0.1) is 0 Å². The molecule has 3 aromatic rings. The maximum absolute atomic E-state index is 12.9. The number of H-pyrrole nitrogens is 1. The molecule has 1 unspecified atom stereocenters. The average molecular weight is 324 g/mol. The Kier molecular flexibility index (Phi) is 3.98. The van der Waals surface area contributed by atoms with Crippen molar-refractivity contribution in [3.8, 4) is 5.75 Å². The number of benzene rings is 2. The van der Waals surface area contributed by atoms with Gasteiger partial charge in [-0.1, -0.05) is 12.1 Å². The quantitative estimate of drug-likeness (QED) is 0.685. The molecule has 4 heteroatoms. The highest BCUT2D eigenvalue weighted by Crippen LogP contribution is 2.31. The van der Waals surface area contributed by atoms with Crippen LogP contribution in [0.2, 0.25) is 0 Å². The number of hydrogen-bond acceptors (Lipinski definition) is 2. The lowest BCUT2D eigenvalue weighted by molar-refractivity contribution is 0.460. The summed E-state index contributed by atoms with van der Waals surface area (Å²) >= 11 is 0. The zero-order chi connectivity index (χ0) is 16.5. The van der Waals surface area contributed by atoms with E-state index in [9.17, 15) is 9.50 Å². The van der Waals surface area contributed by atoms with Crippen LogP contribution in [0.4, 0.5) is 4.39 Å². The van der Waals surface area contributed by atoms with Crippen LogP contribution >= 0.6 is 0 Å². The number of fused-ring (bicyclic) bond motifs is 3. The van der Waals surface area contributed by atoms with Crippen molar-refractivity contribution in [2.75, 3.05) is 6.54 Å². The van der Waals surface area contributed by atoms with E-state index in [1.54, 1.807) is 6.07 Å². The molecule has 0 aliphatic heterocycles. The summed E-state index contributed by atoms with van der Waals surface area (Å²) in [6.07, 6.45) is 4.01. The molecule has 1 aromatic heterocycles. The van der Waals surface area contributed by atoms with Crippen LogP contribution in [0.15, 0.2) is 42.5 Å². The summed E-state index contributed by atoms with van der Waals surface area (Å²) in [6, 6.07) is 12.7. The number of hydrogen-bond donors (Lipinski definition) is 3. The van der Waals surface area contributed by atoms with Crippen LogP contribution in [0.25, 0.3) is 10.9 Å². The number of aromatic amines is 1. The van der Waals surface area contributed by atoms with E-state index in [0.29, 0.717) is 11.8 Å². The molecule has 1 atom stereocenters. The predicted molar refractivity (Wildman–Crippen MR) is 93.9 cm³/mol. The largest absolute Gasteiger partial charge is 0.508 e. The summed E-state index contributed by atoms with van der Waals surface area (Å²) in [5, 5.41) is 14.5. The molecule has 1 aliphatic carbocycles. The van der Waals surface area contributed by atoms with Gasteiger partial charge in [0.15, 0.2) is 0 Å². The lowest BCUT2D eigenvalue weighted by atomic mass is 9.91. The van der Waals surface area contributed by atoms with E-state index in [2.05, 4.69) is 10.3 Å². The third kappa shape index (κ3) is 3.02. The van der Waals surface area contributed by atoms with Crippen molar-refractivity contribution in [3.63, 3.8) is 0 Å². The fourth-order valence-corrected chi connectivity index (χ4v) is 3.65. The molecule has 0 bridgehead atoms. The van der Waals surface area contributed by atoms with E-state index in [-0.39, 0.29) is 5.82 Å². The molecule has 3 nitrogen and oxygen atoms in total. The molecule has 3 N–H and O–H groups in total. The highest BCUT2D eigenvalue weighted by atomic mass is 19.1. The minimum Gasteiger partial charge on any atom is -0.508 e. The van der Waals surface area contributed by atoms with Crippen molar-refractivity contribution >= 4 is 10.9 Å². The van der Waals surface area contributed by atoms with Crippen molar-refractivity contribution in [2.24, 2.45) is 0 Å². The summed E-state index contributed by atoms with van der Waals surface area (Å²) in [7, 11) is 0. The van der Waals surface area contributed by atoms with E-state index in [1.165, 1.54) is 23.4 Å². The first-order chi connectivity index (χ1) is 11.7. The Morgan fingerprint density at radius 3 is 2.83 bits per heavy atom. The van der Waals surface area contributed by atoms with Crippen molar-refractivity contribution in [3.05, 3.63) is 65.1 Å². The van der Waals surface area contributed by atoms with E-state index in [1.807, 2.05) is 24.3 Å². The Morgan fingerprint density at radius 2 is 2.00 bits per heavy atom. The molecule has 0 fully saturated rings. The zero-order valence-corrected chi connectivity index (χ0v) is 13.5. The Morgan fingerprint density at radius 1 is 1.17 bits per heavy atom. The van der Waals surface area contributed by atoms with Gasteiger partial charge in [0.25, 0.3) is 0 Å². The van der Waals surface area contributed by atoms with E-state index in [0.717, 1.165) is 48.7 Å². The molecule has 0 amide bonds. The fourth-order valence-electron chi connectivity index (χ4n) is 3.65. The van der Waals surface area contributed by atoms with Gasteiger partial charge in [-0.05, 0) is 73.7 Å². The van der Waals surface area contributed by atoms with Crippen molar-refractivity contribution in [1.82, 2.24) is 10.3 Å². The van der Waals surface area contributed by atoms with Crippen molar-refractivity contribution < 1.29 is 9.50 Å². The first-order valence-electron chi connectivity index (χ1n) is 8.49. The van der Waals surface area contributed by atoms with E-state index < -0.39 is 0 Å². The van der Waals surface area contributed by atoms with Gasteiger partial charge < -0.3 is 15.4 Å². The van der Waals surface area contributed by atoms with E-state index in [4.69, 9.17) is 0 Å². The molecule has 2 aromatic carbocycles. The van der Waals surface area contributed by atoms with Crippen LogP contribution in [0.1, 0.15) is 23.2 Å². The first-order valence-corrected chi connectivity index (χ1v) is 8.49. The standard InChI is InChI=1S/C20H21FN2O/c21-14-3-1-13(2-4-14)9-10-22-15-5-7-19-17(11-15)18-12-16(24)6-8-20(18)23-19/h1-4,6,8,12,15,22-24H,5,7,9-11H2. The number of aryl methyl sites for hydroxylation is 1. The number of halogens is 1. The average Bonchev–Trinajstić information content (AvgIpc) is 2.94. The highest BCUT2D eigenvalue weighted by Gasteiger charge is 2.22. The number of aromatic hydroxyl groups is 1. The number of nitrogens with one attached hydrogen (secondary N) is 2. The first kappa shape index (κ1) is 15.2. The smallest absolute Gasteiger partial charge is 0.123 e. The normalized spacial score (nSPS) is 17.1. The van der Waals surface area contributed by atoms with Gasteiger partial charge in [-0.15, -0.1) is 0 Å². The Hall–Kier alpha value is -2.33. The van der Waals surface area contributed by atoms with Gasteiger partial charge in [-0.3, -0.25) is 0 Å². The third-order valence-electron chi connectivity index (χ3n) is 4.93.